The molecule has 0 aliphatic carbocycles. The van der Waals surface area contributed by atoms with Crippen LogP contribution in [0.2, 0.25) is 0 Å². The van der Waals surface area contributed by atoms with Crippen LogP contribution in [0, 0.1) is 0 Å². The summed E-state index contributed by atoms with van der Waals surface area (Å²) in [4.78, 5) is 25.8. The summed E-state index contributed by atoms with van der Waals surface area (Å²) in [6.45, 7) is 4.75. The first kappa shape index (κ1) is 44.7. The fourth-order valence-corrected chi connectivity index (χ4v) is 7.08. The molecule has 0 unspecified atom stereocenters. The maximum absolute atomic E-state index is 12.9. The van der Waals surface area contributed by atoms with E-state index in [-0.39, 0.29) is 18.5 Å². The Bertz CT molecular complexity index is 855. The van der Waals surface area contributed by atoms with Gasteiger partial charge < -0.3 is 28.8 Å². The third-order valence-corrected chi connectivity index (χ3v) is 10.2. The SMILES string of the molecule is CCCCCCCC/C=C\CCCCCCCC(=O)O[C@H]1CO[C@H](C2(CO)OCCO2)[C@@H]1OC(=O)CCCCCCCCCCCCCCC. The van der Waals surface area contributed by atoms with Gasteiger partial charge in [-0.3, -0.25) is 9.59 Å². The quantitative estimate of drug-likeness (QED) is 0.0408. The number of allylic oxidation sites excluding steroid dienone is 2. The molecule has 2 rings (SSSR count). The average molecular weight is 709 g/mol. The number of aliphatic hydroxyl groups is 1. The van der Waals surface area contributed by atoms with Crippen molar-refractivity contribution in [3.8, 4) is 0 Å². The molecule has 2 aliphatic heterocycles. The Hall–Kier alpha value is -1.48. The van der Waals surface area contributed by atoms with Gasteiger partial charge in [0.1, 0.15) is 6.61 Å². The average Bonchev–Trinajstić information content (AvgIpc) is 3.76. The third-order valence-electron chi connectivity index (χ3n) is 10.2. The second kappa shape index (κ2) is 30.0. The van der Waals surface area contributed by atoms with E-state index in [1.54, 1.807) is 0 Å². The molecule has 8 heteroatoms. The van der Waals surface area contributed by atoms with E-state index in [0.717, 1.165) is 51.4 Å². The van der Waals surface area contributed by atoms with Gasteiger partial charge in [-0.15, -0.1) is 0 Å². The minimum atomic E-state index is -1.43. The molecule has 0 saturated carbocycles. The van der Waals surface area contributed by atoms with Gasteiger partial charge in [-0.25, -0.2) is 0 Å². The first-order chi connectivity index (χ1) is 24.6. The molecule has 0 aromatic rings. The minimum Gasteiger partial charge on any atom is -0.456 e. The number of rotatable bonds is 33. The Morgan fingerprint density at radius 3 is 1.44 bits per heavy atom. The number of unbranched alkanes of at least 4 members (excludes halogenated alkanes) is 23. The molecule has 2 heterocycles. The highest BCUT2D eigenvalue weighted by Gasteiger charge is 2.57. The van der Waals surface area contributed by atoms with Gasteiger partial charge in [0, 0.05) is 12.8 Å². The van der Waals surface area contributed by atoms with Crippen molar-refractivity contribution in [2.45, 2.75) is 218 Å². The summed E-state index contributed by atoms with van der Waals surface area (Å²) < 4.78 is 29.1. The molecule has 0 aromatic heterocycles. The fraction of sp³-hybridized carbons (Fsp3) is 0.905. The van der Waals surface area contributed by atoms with Crippen LogP contribution in [0.1, 0.15) is 194 Å². The molecule has 3 atom stereocenters. The molecule has 0 radical (unpaired) electrons. The fourth-order valence-electron chi connectivity index (χ4n) is 7.08. The minimum absolute atomic E-state index is 0.0634. The van der Waals surface area contributed by atoms with Crippen molar-refractivity contribution in [2.75, 3.05) is 26.4 Å². The number of carbonyl (C=O) groups is 2. The molecule has 0 aromatic carbocycles. The first-order valence-electron chi connectivity index (χ1n) is 21.1. The largest absolute Gasteiger partial charge is 0.456 e. The summed E-state index contributed by atoms with van der Waals surface area (Å²) >= 11 is 0. The van der Waals surface area contributed by atoms with E-state index in [9.17, 15) is 14.7 Å². The molecule has 1 N–H and O–H groups in total. The number of hydrogen-bond acceptors (Lipinski definition) is 8. The zero-order chi connectivity index (χ0) is 36.0. The summed E-state index contributed by atoms with van der Waals surface area (Å²) in [5, 5.41) is 10.2. The van der Waals surface area contributed by atoms with Crippen LogP contribution in [-0.4, -0.2) is 67.6 Å². The van der Waals surface area contributed by atoms with E-state index >= 15 is 0 Å². The van der Waals surface area contributed by atoms with E-state index in [4.69, 9.17) is 23.7 Å². The Morgan fingerprint density at radius 2 is 1.00 bits per heavy atom. The number of aliphatic hydroxyl groups excluding tert-OH is 1. The highest BCUT2D eigenvalue weighted by molar-refractivity contribution is 5.70. The van der Waals surface area contributed by atoms with Crippen molar-refractivity contribution < 1.29 is 38.4 Å². The van der Waals surface area contributed by atoms with E-state index < -0.39 is 30.7 Å². The molecular weight excluding hydrogens is 632 g/mol. The molecule has 292 valence electrons. The van der Waals surface area contributed by atoms with Gasteiger partial charge in [-0.1, -0.05) is 154 Å². The zero-order valence-corrected chi connectivity index (χ0v) is 32.3. The van der Waals surface area contributed by atoms with E-state index in [2.05, 4.69) is 26.0 Å². The standard InChI is InChI=1S/C42H76O8/c1-3-5-7-9-11-13-15-17-18-20-22-23-25-27-29-31-38(44)49-37-35-46-41(42(36-43)47-33-34-48-42)40(37)50-39(45)32-30-28-26-24-21-19-16-14-12-10-8-6-4-2/h17-18,37,40-41,43H,3-16,19-36H2,1-2H3/b18-17-/t37-,40+,41-/m0/s1. The van der Waals surface area contributed by atoms with Crippen LogP contribution in [0.4, 0.5) is 0 Å². The van der Waals surface area contributed by atoms with Crippen LogP contribution >= 0.6 is 0 Å². The van der Waals surface area contributed by atoms with Crippen LogP contribution in [0.25, 0.3) is 0 Å². The number of carbonyl (C=O) groups excluding carboxylic acids is 2. The van der Waals surface area contributed by atoms with E-state index in [1.807, 2.05) is 0 Å². The van der Waals surface area contributed by atoms with Crippen molar-refractivity contribution >= 4 is 11.9 Å². The highest BCUT2D eigenvalue weighted by Crippen LogP contribution is 2.35. The first-order valence-corrected chi connectivity index (χ1v) is 21.1. The van der Waals surface area contributed by atoms with Crippen molar-refractivity contribution in [3.63, 3.8) is 0 Å². The normalized spacial score (nSPS) is 20.2. The third kappa shape index (κ3) is 19.9. The Kier molecular flexibility index (Phi) is 26.8. The molecule has 0 bridgehead atoms. The molecule has 0 amide bonds. The maximum Gasteiger partial charge on any atom is 0.306 e. The lowest BCUT2D eigenvalue weighted by Gasteiger charge is -2.34. The molecule has 2 saturated heterocycles. The van der Waals surface area contributed by atoms with Gasteiger partial charge in [0.2, 0.25) is 5.79 Å². The predicted octanol–water partition coefficient (Wildman–Crippen LogP) is 10.5. The summed E-state index contributed by atoms with van der Waals surface area (Å²) in [6.07, 6.45) is 34.4. The Balaban J connectivity index is 1.62. The van der Waals surface area contributed by atoms with Gasteiger partial charge in [0.05, 0.1) is 19.8 Å². The lowest BCUT2D eigenvalue weighted by atomic mass is 10.0. The van der Waals surface area contributed by atoms with Gasteiger partial charge >= 0.3 is 11.9 Å². The number of ether oxygens (including phenoxy) is 5. The molecule has 50 heavy (non-hydrogen) atoms. The number of esters is 2. The second-order valence-electron chi connectivity index (χ2n) is 14.7. The smallest absolute Gasteiger partial charge is 0.306 e. The van der Waals surface area contributed by atoms with Crippen molar-refractivity contribution in [2.24, 2.45) is 0 Å². The van der Waals surface area contributed by atoms with Gasteiger partial charge in [-0.2, -0.15) is 0 Å². The van der Waals surface area contributed by atoms with Crippen LogP contribution < -0.4 is 0 Å². The van der Waals surface area contributed by atoms with E-state index in [1.165, 1.54) is 116 Å². The number of hydrogen-bond donors (Lipinski definition) is 1. The molecular formula is C42H76O8. The van der Waals surface area contributed by atoms with Gasteiger partial charge in [0.25, 0.3) is 0 Å². The lowest BCUT2D eigenvalue weighted by molar-refractivity contribution is -0.257. The molecule has 2 fully saturated rings. The summed E-state index contributed by atoms with van der Waals surface area (Å²) in [6, 6.07) is 0. The van der Waals surface area contributed by atoms with Crippen LogP contribution in [0.3, 0.4) is 0 Å². The van der Waals surface area contributed by atoms with Crippen LogP contribution in [0.15, 0.2) is 12.2 Å². The predicted molar refractivity (Wildman–Crippen MR) is 201 cm³/mol. The zero-order valence-electron chi connectivity index (χ0n) is 32.3. The lowest BCUT2D eigenvalue weighted by Crippen LogP contribution is -2.54. The van der Waals surface area contributed by atoms with Gasteiger partial charge in [0.15, 0.2) is 18.3 Å². The summed E-state index contributed by atoms with van der Waals surface area (Å²) in [7, 11) is 0. The van der Waals surface area contributed by atoms with Crippen molar-refractivity contribution in [1.29, 1.82) is 0 Å². The topological polar surface area (TPSA) is 101 Å². The summed E-state index contributed by atoms with van der Waals surface area (Å²) in [5.74, 6) is -2.09. The monoisotopic (exact) mass is 709 g/mol. The second-order valence-corrected chi connectivity index (χ2v) is 14.7. The Labute approximate surface area is 306 Å². The van der Waals surface area contributed by atoms with Crippen LogP contribution in [0.5, 0.6) is 0 Å². The summed E-state index contributed by atoms with van der Waals surface area (Å²) in [5.41, 5.74) is 0. The Morgan fingerprint density at radius 1 is 0.600 bits per heavy atom. The molecule has 0 spiro atoms. The highest BCUT2D eigenvalue weighted by atomic mass is 16.8. The molecule has 2 aliphatic rings. The van der Waals surface area contributed by atoms with Crippen LogP contribution in [-0.2, 0) is 33.3 Å². The van der Waals surface area contributed by atoms with Crippen molar-refractivity contribution in [1.82, 2.24) is 0 Å². The van der Waals surface area contributed by atoms with Crippen molar-refractivity contribution in [3.05, 3.63) is 12.2 Å². The van der Waals surface area contributed by atoms with Gasteiger partial charge in [-0.05, 0) is 38.5 Å². The maximum atomic E-state index is 12.9. The molecule has 8 nitrogen and oxygen atoms in total. The van der Waals surface area contributed by atoms with E-state index in [0.29, 0.717) is 26.1 Å².